The molecule has 0 aliphatic heterocycles. The molecule has 0 spiro atoms. The third-order valence-corrected chi connectivity index (χ3v) is 11.9. The fraction of sp³-hybridized carbons (Fsp3) is 0.263. The fourth-order valence-corrected chi connectivity index (χ4v) is 8.35. The number of hydrogen-bond donors (Lipinski definition) is 1. The van der Waals surface area contributed by atoms with E-state index in [1.54, 1.807) is 12.1 Å². The maximum absolute atomic E-state index is 12.2. The van der Waals surface area contributed by atoms with Gasteiger partial charge in [-0.1, -0.05) is 160 Å². The lowest BCUT2D eigenvalue weighted by Crippen LogP contribution is -2.14. The standard InChI is InChI=1S/C57H59N3O/c1-35(2)41-31-48(36(3)4)54(61)49(32-41)55-59-53-47(18-15-19-52(53)60(55)45-24-25-46(39-16-13-12-14-17-39)50(34-45)57(9,10)11)42-28-43(30-44(29-42)56(6,7)8)51-33-40(26-27-58-51)38-22-20-37(5)21-23-38/h12-36,61H,1-11H3/i5D3. The van der Waals surface area contributed by atoms with Gasteiger partial charge in [-0.2, -0.15) is 0 Å². The Balaban J connectivity index is 1.38. The maximum Gasteiger partial charge on any atom is 0.149 e. The van der Waals surface area contributed by atoms with Gasteiger partial charge < -0.3 is 5.11 Å². The van der Waals surface area contributed by atoms with Gasteiger partial charge in [-0.05, 0) is 128 Å². The molecule has 0 aliphatic rings. The zero-order valence-corrected chi connectivity index (χ0v) is 37.2. The molecule has 0 radical (unpaired) electrons. The highest BCUT2D eigenvalue weighted by Gasteiger charge is 2.26. The van der Waals surface area contributed by atoms with E-state index < -0.39 is 6.85 Å². The molecule has 308 valence electrons. The average molecular weight is 805 g/mol. The molecular formula is C57H59N3O. The minimum absolute atomic E-state index is 0.0997. The number of benzene rings is 6. The molecule has 0 saturated heterocycles. The molecule has 8 aromatic rings. The predicted octanol–water partition coefficient (Wildman–Crippen LogP) is 15.6. The van der Waals surface area contributed by atoms with Gasteiger partial charge in [0.1, 0.15) is 11.6 Å². The summed E-state index contributed by atoms with van der Waals surface area (Å²) in [5.74, 6) is 1.28. The molecule has 0 aliphatic carbocycles. The summed E-state index contributed by atoms with van der Waals surface area (Å²) in [6, 6.07) is 45.8. The number of aromatic nitrogens is 3. The summed E-state index contributed by atoms with van der Waals surface area (Å²) in [4.78, 5) is 10.5. The molecule has 0 fully saturated rings. The third-order valence-electron chi connectivity index (χ3n) is 11.9. The van der Waals surface area contributed by atoms with E-state index in [0.717, 1.165) is 66.9 Å². The van der Waals surface area contributed by atoms with Crippen molar-refractivity contribution in [3.05, 3.63) is 167 Å². The molecule has 0 saturated carbocycles. The zero-order chi connectivity index (χ0) is 45.9. The average Bonchev–Trinajstić information content (AvgIpc) is 3.65. The van der Waals surface area contributed by atoms with E-state index in [2.05, 4.69) is 177 Å². The van der Waals surface area contributed by atoms with Crippen LogP contribution in [0.2, 0.25) is 0 Å². The van der Waals surface area contributed by atoms with Crippen molar-refractivity contribution in [1.82, 2.24) is 14.5 Å². The lowest BCUT2D eigenvalue weighted by molar-refractivity contribution is 0.466. The number of aromatic hydroxyl groups is 1. The monoisotopic (exact) mass is 804 g/mol. The van der Waals surface area contributed by atoms with E-state index in [4.69, 9.17) is 14.1 Å². The lowest BCUT2D eigenvalue weighted by Gasteiger charge is -2.25. The second-order valence-electron chi connectivity index (χ2n) is 19.2. The second kappa shape index (κ2) is 16.0. The van der Waals surface area contributed by atoms with Crippen LogP contribution in [0.25, 0.3) is 72.7 Å². The van der Waals surface area contributed by atoms with Crippen LogP contribution < -0.4 is 0 Å². The van der Waals surface area contributed by atoms with Crippen LogP contribution in [0.4, 0.5) is 0 Å². The fourth-order valence-electron chi connectivity index (χ4n) is 8.35. The lowest BCUT2D eigenvalue weighted by atomic mass is 9.81. The van der Waals surface area contributed by atoms with Crippen molar-refractivity contribution in [2.45, 2.75) is 98.8 Å². The largest absolute Gasteiger partial charge is 0.507 e. The van der Waals surface area contributed by atoms with Gasteiger partial charge in [-0.25, -0.2) is 4.98 Å². The van der Waals surface area contributed by atoms with Gasteiger partial charge in [0.15, 0.2) is 0 Å². The first kappa shape index (κ1) is 37.7. The van der Waals surface area contributed by atoms with Crippen molar-refractivity contribution in [3.63, 3.8) is 0 Å². The van der Waals surface area contributed by atoms with Crippen LogP contribution in [-0.4, -0.2) is 19.6 Å². The normalized spacial score (nSPS) is 13.1. The molecule has 0 bridgehead atoms. The predicted molar refractivity (Wildman–Crippen MR) is 258 cm³/mol. The smallest absolute Gasteiger partial charge is 0.149 e. The minimum atomic E-state index is -2.16. The van der Waals surface area contributed by atoms with E-state index >= 15 is 0 Å². The Bertz CT molecular complexity index is 3000. The van der Waals surface area contributed by atoms with Crippen molar-refractivity contribution >= 4 is 11.0 Å². The molecule has 0 atom stereocenters. The number of pyridine rings is 1. The van der Waals surface area contributed by atoms with E-state index in [9.17, 15) is 5.11 Å². The quantitative estimate of drug-likeness (QED) is 0.166. The summed E-state index contributed by atoms with van der Waals surface area (Å²) in [5, 5.41) is 12.2. The Kier molecular flexibility index (Phi) is 9.88. The van der Waals surface area contributed by atoms with Crippen LogP contribution in [0.3, 0.4) is 0 Å². The number of rotatable bonds is 8. The van der Waals surface area contributed by atoms with E-state index in [0.29, 0.717) is 17.0 Å². The molecule has 8 rings (SSSR count). The molecule has 0 amide bonds. The van der Waals surface area contributed by atoms with Crippen LogP contribution in [0.1, 0.15) is 113 Å². The topological polar surface area (TPSA) is 50.9 Å². The number of hydrogen-bond acceptors (Lipinski definition) is 3. The van der Waals surface area contributed by atoms with Gasteiger partial charge in [0, 0.05) is 27.1 Å². The van der Waals surface area contributed by atoms with Crippen LogP contribution >= 0.6 is 0 Å². The van der Waals surface area contributed by atoms with Crippen LogP contribution in [-0.2, 0) is 10.8 Å². The minimum Gasteiger partial charge on any atom is -0.507 e. The summed E-state index contributed by atoms with van der Waals surface area (Å²) < 4.78 is 25.8. The van der Waals surface area contributed by atoms with Gasteiger partial charge in [0.25, 0.3) is 0 Å². The Morgan fingerprint density at radius 2 is 1.33 bits per heavy atom. The first-order valence-electron chi connectivity index (χ1n) is 23.0. The Morgan fingerprint density at radius 3 is 2.00 bits per heavy atom. The maximum atomic E-state index is 12.2. The molecule has 61 heavy (non-hydrogen) atoms. The molecule has 6 aromatic carbocycles. The number of phenols is 1. The summed E-state index contributed by atoms with van der Waals surface area (Å²) in [5.41, 5.74) is 15.8. The molecule has 1 N–H and O–H groups in total. The van der Waals surface area contributed by atoms with Gasteiger partial charge >= 0.3 is 0 Å². The summed E-state index contributed by atoms with van der Waals surface area (Å²) in [7, 11) is 0. The van der Waals surface area contributed by atoms with Crippen LogP contribution in [0.15, 0.2) is 140 Å². The van der Waals surface area contributed by atoms with E-state index in [-0.39, 0.29) is 28.4 Å². The SMILES string of the molecule is [2H]C([2H])([2H])c1ccc(-c2ccnc(-c3cc(-c4cccc5c4nc(-c4cc(C(C)C)cc(C(C)C)c4O)n5-c4ccc(-c5ccccc5)c(C(C)(C)C)c4)cc(C(C)(C)C)c3)c2)cc1. The van der Waals surface area contributed by atoms with Gasteiger partial charge in [-0.3, -0.25) is 9.55 Å². The number of nitrogens with zero attached hydrogens (tertiary/aromatic N) is 3. The third kappa shape index (κ3) is 8.16. The molecule has 4 heteroatoms. The van der Waals surface area contributed by atoms with Crippen molar-refractivity contribution in [3.8, 4) is 67.5 Å². The first-order chi connectivity index (χ1) is 30.2. The van der Waals surface area contributed by atoms with Crippen LogP contribution in [0, 0.1) is 6.85 Å². The second-order valence-corrected chi connectivity index (χ2v) is 19.2. The highest BCUT2D eigenvalue weighted by molar-refractivity contribution is 5.97. The molecule has 2 aromatic heterocycles. The molecular weight excluding hydrogens is 743 g/mol. The highest BCUT2D eigenvalue weighted by atomic mass is 16.3. The zero-order valence-electron chi connectivity index (χ0n) is 40.2. The molecule has 4 nitrogen and oxygen atoms in total. The number of aryl methyl sites for hydroxylation is 1. The van der Waals surface area contributed by atoms with Gasteiger partial charge in [0.2, 0.25) is 0 Å². The van der Waals surface area contributed by atoms with E-state index in [1.807, 2.05) is 24.4 Å². The molecule has 0 unspecified atom stereocenters. The van der Waals surface area contributed by atoms with Gasteiger partial charge in [0.05, 0.1) is 22.3 Å². The van der Waals surface area contributed by atoms with Crippen molar-refractivity contribution in [2.24, 2.45) is 0 Å². The number of para-hydroxylation sites is 1. The van der Waals surface area contributed by atoms with Crippen molar-refractivity contribution in [2.75, 3.05) is 0 Å². The number of phenolic OH excluding ortho intramolecular Hbond substituents is 1. The summed E-state index contributed by atoms with van der Waals surface area (Å²) in [6.07, 6.45) is 1.82. The summed E-state index contributed by atoms with van der Waals surface area (Å²) >= 11 is 0. The van der Waals surface area contributed by atoms with E-state index in [1.165, 1.54) is 16.7 Å². The number of imidazole rings is 1. The first-order valence-corrected chi connectivity index (χ1v) is 21.5. The van der Waals surface area contributed by atoms with Gasteiger partial charge in [-0.15, -0.1) is 0 Å². The Morgan fingerprint density at radius 1 is 0.590 bits per heavy atom. The number of fused-ring (bicyclic) bond motifs is 1. The van der Waals surface area contributed by atoms with Crippen molar-refractivity contribution < 1.29 is 9.22 Å². The Labute approximate surface area is 367 Å². The van der Waals surface area contributed by atoms with Crippen LogP contribution in [0.5, 0.6) is 5.75 Å². The Hall–Kier alpha value is -6.26. The summed E-state index contributed by atoms with van der Waals surface area (Å²) in [6.45, 7) is 19.9. The van der Waals surface area contributed by atoms with Crippen molar-refractivity contribution in [1.29, 1.82) is 0 Å². The highest BCUT2D eigenvalue weighted by Crippen LogP contribution is 2.44. The molecule has 2 heterocycles.